The Morgan fingerprint density at radius 1 is 1.39 bits per heavy atom. The van der Waals surface area contributed by atoms with E-state index >= 15 is 0 Å². The summed E-state index contributed by atoms with van der Waals surface area (Å²) in [7, 11) is 0. The molecule has 1 N–H and O–H groups in total. The van der Waals surface area contributed by atoms with Crippen LogP contribution in [0.4, 0.5) is 0 Å². The van der Waals surface area contributed by atoms with Crippen molar-refractivity contribution < 1.29 is 9.53 Å². The SMILES string of the molecule is CCN(CCNC(=O)CCCOc1ccc(Cl)c(C)c1)C(C)C. The van der Waals surface area contributed by atoms with Gasteiger partial charge in [0.05, 0.1) is 6.61 Å². The van der Waals surface area contributed by atoms with Gasteiger partial charge in [-0.25, -0.2) is 0 Å². The third-order valence-electron chi connectivity index (χ3n) is 3.80. The highest BCUT2D eigenvalue weighted by Gasteiger charge is 2.07. The lowest BCUT2D eigenvalue weighted by molar-refractivity contribution is -0.121. The Balaban J connectivity index is 2.15. The van der Waals surface area contributed by atoms with Gasteiger partial charge in [0.2, 0.25) is 5.91 Å². The third-order valence-corrected chi connectivity index (χ3v) is 4.23. The summed E-state index contributed by atoms with van der Waals surface area (Å²) in [6.45, 7) is 11.5. The molecule has 0 aliphatic heterocycles. The van der Waals surface area contributed by atoms with Gasteiger partial charge in [0, 0.05) is 30.6 Å². The van der Waals surface area contributed by atoms with E-state index in [-0.39, 0.29) is 5.91 Å². The first-order chi connectivity index (χ1) is 10.9. The lowest BCUT2D eigenvalue weighted by atomic mass is 10.2. The molecule has 1 aromatic carbocycles. The summed E-state index contributed by atoms with van der Waals surface area (Å²) in [5.74, 6) is 0.878. The van der Waals surface area contributed by atoms with E-state index in [4.69, 9.17) is 16.3 Å². The fourth-order valence-electron chi connectivity index (χ4n) is 2.34. The second-order valence-electron chi connectivity index (χ2n) is 5.94. The number of rotatable bonds is 10. The number of hydrogen-bond acceptors (Lipinski definition) is 3. The zero-order valence-electron chi connectivity index (χ0n) is 14.7. The second-order valence-corrected chi connectivity index (χ2v) is 6.34. The maximum atomic E-state index is 11.8. The minimum absolute atomic E-state index is 0.0840. The molecule has 0 aliphatic rings. The molecule has 0 aromatic heterocycles. The molecule has 0 heterocycles. The highest BCUT2D eigenvalue weighted by Crippen LogP contribution is 2.21. The molecule has 0 radical (unpaired) electrons. The van der Waals surface area contributed by atoms with E-state index < -0.39 is 0 Å². The number of nitrogens with zero attached hydrogens (tertiary/aromatic N) is 1. The number of nitrogens with one attached hydrogen (secondary N) is 1. The molecule has 1 rings (SSSR count). The molecule has 0 atom stereocenters. The Labute approximate surface area is 145 Å². The van der Waals surface area contributed by atoms with Crippen molar-refractivity contribution in [3.05, 3.63) is 28.8 Å². The van der Waals surface area contributed by atoms with Crippen LogP contribution in [0.2, 0.25) is 5.02 Å². The van der Waals surface area contributed by atoms with Crippen molar-refractivity contribution >= 4 is 17.5 Å². The molecule has 0 unspecified atom stereocenters. The van der Waals surface area contributed by atoms with Gasteiger partial charge in [0.15, 0.2) is 0 Å². The van der Waals surface area contributed by atoms with Crippen LogP contribution in [0.15, 0.2) is 18.2 Å². The van der Waals surface area contributed by atoms with Crippen LogP contribution in [-0.2, 0) is 4.79 Å². The number of halogens is 1. The van der Waals surface area contributed by atoms with Crippen LogP contribution in [0, 0.1) is 6.92 Å². The van der Waals surface area contributed by atoms with Crippen LogP contribution in [-0.4, -0.2) is 43.1 Å². The summed E-state index contributed by atoms with van der Waals surface area (Å²) in [5.41, 5.74) is 0.993. The molecule has 1 aromatic rings. The highest BCUT2D eigenvalue weighted by atomic mass is 35.5. The second kappa shape index (κ2) is 10.5. The zero-order chi connectivity index (χ0) is 17.2. The molecule has 1 amide bonds. The molecule has 4 nitrogen and oxygen atoms in total. The maximum Gasteiger partial charge on any atom is 0.220 e. The number of likely N-dealkylation sites (N-methyl/N-ethyl adjacent to an activating group) is 1. The normalized spacial score (nSPS) is 11.1. The van der Waals surface area contributed by atoms with Gasteiger partial charge in [-0.15, -0.1) is 0 Å². The Morgan fingerprint density at radius 3 is 2.74 bits per heavy atom. The van der Waals surface area contributed by atoms with Gasteiger partial charge in [-0.2, -0.15) is 0 Å². The van der Waals surface area contributed by atoms with Gasteiger partial charge in [-0.1, -0.05) is 18.5 Å². The van der Waals surface area contributed by atoms with Gasteiger partial charge >= 0.3 is 0 Å². The summed E-state index contributed by atoms with van der Waals surface area (Å²) in [4.78, 5) is 14.1. The Bertz CT molecular complexity index is 492. The minimum atomic E-state index is 0.0840. The van der Waals surface area contributed by atoms with Crippen LogP contribution >= 0.6 is 11.6 Å². The van der Waals surface area contributed by atoms with E-state index in [9.17, 15) is 4.79 Å². The molecule has 0 aliphatic carbocycles. The van der Waals surface area contributed by atoms with E-state index in [1.165, 1.54) is 0 Å². The molecular formula is C18H29ClN2O2. The molecule has 0 fully saturated rings. The first kappa shape index (κ1) is 19.8. The van der Waals surface area contributed by atoms with Crippen molar-refractivity contribution in [2.24, 2.45) is 0 Å². The predicted molar refractivity (Wildman–Crippen MR) is 96.3 cm³/mol. The summed E-state index contributed by atoms with van der Waals surface area (Å²) in [5, 5.41) is 3.70. The molecule has 0 saturated heterocycles. The number of aryl methyl sites for hydroxylation is 1. The summed E-state index contributed by atoms with van der Waals surface area (Å²) >= 11 is 5.97. The molecule has 0 spiro atoms. The molecule has 23 heavy (non-hydrogen) atoms. The van der Waals surface area contributed by atoms with E-state index in [1.807, 2.05) is 25.1 Å². The predicted octanol–water partition coefficient (Wildman–Crippen LogP) is 3.65. The van der Waals surface area contributed by atoms with Crippen LogP contribution in [0.1, 0.15) is 39.2 Å². The minimum Gasteiger partial charge on any atom is -0.494 e. The highest BCUT2D eigenvalue weighted by molar-refractivity contribution is 6.31. The quantitative estimate of drug-likeness (QED) is 0.661. The van der Waals surface area contributed by atoms with Crippen LogP contribution in [0.5, 0.6) is 5.75 Å². The first-order valence-corrected chi connectivity index (χ1v) is 8.71. The lowest BCUT2D eigenvalue weighted by Gasteiger charge is -2.24. The van der Waals surface area contributed by atoms with Crippen LogP contribution < -0.4 is 10.1 Å². The molecular weight excluding hydrogens is 312 g/mol. The van der Waals surface area contributed by atoms with Crippen molar-refractivity contribution in [3.63, 3.8) is 0 Å². The Hall–Kier alpha value is -1.26. The molecule has 5 heteroatoms. The smallest absolute Gasteiger partial charge is 0.220 e. The Morgan fingerprint density at radius 2 is 2.13 bits per heavy atom. The molecule has 130 valence electrons. The third kappa shape index (κ3) is 7.71. The van der Waals surface area contributed by atoms with Gasteiger partial charge < -0.3 is 10.1 Å². The van der Waals surface area contributed by atoms with Crippen molar-refractivity contribution in [2.45, 2.75) is 46.6 Å². The summed E-state index contributed by atoms with van der Waals surface area (Å²) in [6.07, 6.45) is 1.19. The number of carbonyl (C=O) groups is 1. The van der Waals surface area contributed by atoms with Crippen molar-refractivity contribution in [1.82, 2.24) is 10.2 Å². The fourth-order valence-corrected chi connectivity index (χ4v) is 2.46. The summed E-state index contributed by atoms with van der Waals surface area (Å²) in [6, 6.07) is 6.09. The average Bonchev–Trinajstić information content (AvgIpc) is 2.51. The van der Waals surface area contributed by atoms with E-state index in [1.54, 1.807) is 0 Å². The fraction of sp³-hybridized carbons (Fsp3) is 0.611. The lowest BCUT2D eigenvalue weighted by Crippen LogP contribution is -2.38. The number of benzene rings is 1. The first-order valence-electron chi connectivity index (χ1n) is 8.33. The zero-order valence-corrected chi connectivity index (χ0v) is 15.4. The van der Waals surface area contributed by atoms with Crippen LogP contribution in [0.25, 0.3) is 0 Å². The maximum absolute atomic E-state index is 11.8. The van der Waals surface area contributed by atoms with Crippen molar-refractivity contribution in [3.8, 4) is 5.75 Å². The topological polar surface area (TPSA) is 41.6 Å². The van der Waals surface area contributed by atoms with E-state index in [0.717, 1.165) is 29.4 Å². The number of carbonyl (C=O) groups excluding carboxylic acids is 1. The van der Waals surface area contributed by atoms with Gasteiger partial charge in [-0.05, 0) is 57.5 Å². The standard InChI is InChI=1S/C18H29ClN2O2/c1-5-21(14(2)3)11-10-20-18(22)7-6-12-23-16-8-9-17(19)15(4)13-16/h8-9,13-14H,5-7,10-12H2,1-4H3,(H,20,22). The number of hydrogen-bond donors (Lipinski definition) is 1. The van der Waals surface area contributed by atoms with Gasteiger partial charge in [0.25, 0.3) is 0 Å². The van der Waals surface area contributed by atoms with Gasteiger partial charge in [0.1, 0.15) is 5.75 Å². The van der Waals surface area contributed by atoms with Crippen LogP contribution in [0.3, 0.4) is 0 Å². The summed E-state index contributed by atoms with van der Waals surface area (Å²) < 4.78 is 5.64. The number of amides is 1. The number of ether oxygens (including phenoxy) is 1. The molecule has 0 bridgehead atoms. The van der Waals surface area contributed by atoms with E-state index in [0.29, 0.717) is 32.0 Å². The largest absolute Gasteiger partial charge is 0.494 e. The van der Waals surface area contributed by atoms with Gasteiger partial charge in [-0.3, -0.25) is 9.69 Å². The average molecular weight is 341 g/mol. The van der Waals surface area contributed by atoms with Crippen molar-refractivity contribution in [2.75, 3.05) is 26.2 Å². The van der Waals surface area contributed by atoms with E-state index in [2.05, 4.69) is 31.0 Å². The van der Waals surface area contributed by atoms with Crippen molar-refractivity contribution in [1.29, 1.82) is 0 Å². The monoisotopic (exact) mass is 340 g/mol. The Kier molecular flexibility index (Phi) is 9.03. The molecule has 0 saturated carbocycles.